The van der Waals surface area contributed by atoms with Gasteiger partial charge in [-0.15, -0.1) is 0 Å². The van der Waals surface area contributed by atoms with Gasteiger partial charge >= 0.3 is 5.97 Å². The summed E-state index contributed by atoms with van der Waals surface area (Å²) in [5.74, 6) is -1.13. The van der Waals surface area contributed by atoms with Crippen LogP contribution < -0.4 is 4.90 Å². The summed E-state index contributed by atoms with van der Waals surface area (Å²) in [5.41, 5.74) is 0.823. The Bertz CT molecular complexity index is 730. The van der Waals surface area contributed by atoms with Gasteiger partial charge in [0.05, 0.1) is 4.92 Å². The van der Waals surface area contributed by atoms with Crippen LogP contribution in [0.5, 0.6) is 0 Å². The molecular formula is C19H25N3O5. The van der Waals surface area contributed by atoms with Crippen molar-refractivity contribution in [2.45, 2.75) is 51.0 Å². The summed E-state index contributed by atoms with van der Waals surface area (Å²) in [6.07, 6.45) is 5.05. The zero-order chi connectivity index (χ0) is 19.4. The molecule has 0 aliphatic carbocycles. The number of amides is 1. The fourth-order valence-corrected chi connectivity index (χ4v) is 4.05. The number of hydrogen-bond acceptors (Lipinski definition) is 5. The molecule has 27 heavy (non-hydrogen) atoms. The molecule has 2 fully saturated rings. The Kier molecular flexibility index (Phi) is 5.93. The van der Waals surface area contributed by atoms with Crippen molar-refractivity contribution in [1.29, 1.82) is 0 Å². The van der Waals surface area contributed by atoms with Crippen LogP contribution in [-0.4, -0.2) is 52.5 Å². The van der Waals surface area contributed by atoms with E-state index in [1.165, 1.54) is 6.07 Å². The number of piperidine rings is 1. The first-order valence-electron chi connectivity index (χ1n) is 9.53. The summed E-state index contributed by atoms with van der Waals surface area (Å²) < 4.78 is 0. The Labute approximate surface area is 157 Å². The van der Waals surface area contributed by atoms with Gasteiger partial charge in [0, 0.05) is 43.7 Å². The molecule has 0 spiro atoms. The molecule has 1 atom stereocenters. The largest absolute Gasteiger partial charge is 0.481 e. The van der Waals surface area contributed by atoms with Gasteiger partial charge in [-0.05, 0) is 50.7 Å². The number of rotatable bonds is 6. The van der Waals surface area contributed by atoms with Crippen molar-refractivity contribution in [1.82, 2.24) is 4.90 Å². The highest BCUT2D eigenvalue weighted by molar-refractivity contribution is 5.96. The number of nitro groups is 1. The number of carbonyl (C=O) groups is 2. The lowest BCUT2D eigenvalue weighted by molar-refractivity contribution is -0.384. The second kappa shape index (κ2) is 8.37. The number of carboxylic acids is 1. The standard InChI is InChI=1S/C19H25N3O5/c23-18(24)9-7-15-5-1-2-12-21(15)19(25)14-6-8-16(17(13-14)22(26)27)20-10-3-4-11-20/h6,8,13,15H,1-5,7,9-12H2,(H,23,24). The maximum atomic E-state index is 13.0. The van der Waals surface area contributed by atoms with Gasteiger partial charge in [0.25, 0.3) is 11.6 Å². The lowest BCUT2D eigenvalue weighted by Gasteiger charge is -2.35. The number of nitro benzene ring substituents is 1. The first kappa shape index (κ1) is 19.1. The number of nitrogens with zero attached hydrogens (tertiary/aromatic N) is 3. The minimum Gasteiger partial charge on any atom is -0.481 e. The van der Waals surface area contributed by atoms with Crippen molar-refractivity contribution in [2.24, 2.45) is 0 Å². The van der Waals surface area contributed by atoms with Crippen molar-refractivity contribution in [3.8, 4) is 0 Å². The van der Waals surface area contributed by atoms with E-state index >= 15 is 0 Å². The van der Waals surface area contributed by atoms with E-state index in [1.807, 2.05) is 4.90 Å². The van der Waals surface area contributed by atoms with Crippen LogP contribution in [0.15, 0.2) is 18.2 Å². The van der Waals surface area contributed by atoms with Gasteiger partial charge in [0.15, 0.2) is 0 Å². The number of aliphatic carboxylic acids is 1. The van der Waals surface area contributed by atoms with Crippen molar-refractivity contribution in [2.75, 3.05) is 24.5 Å². The molecule has 8 heteroatoms. The first-order chi connectivity index (χ1) is 13.0. The minimum atomic E-state index is -0.876. The minimum absolute atomic E-state index is 0.0164. The second-order valence-electron chi connectivity index (χ2n) is 7.24. The van der Waals surface area contributed by atoms with Crippen LogP contribution >= 0.6 is 0 Å². The smallest absolute Gasteiger partial charge is 0.303 e. The number of carbonyl (C=O) groups excluding carboxylic acids is 1. The molecule has 2 aliphatic heterocycles. The molecule has 0 saturated carbocycles. The lowest BCUT2D eigenvalue weighted by Crippen LogP contribution is -2.44. The van der Waals surface area contributed by atoms with Crippen molar-refractivity contribution < 1.29 is 19.6 Å². The predicted molar refractivity (Wildman–Crippen MR) is 100 cm³/mol. The molecule has 8 nitrogen and oxygen atoms in total. The van der Waals surface area contributed by atoms with Crippen molar-refractivity contribution >= 4 is 23.3 Å². The van der Waals surface area contributed by atoms with Gasteiger partial charge in [0.2, 0.25) is 0 Å². The summed E-state index contributed by atoms with van der Waals surface area (Å²) in [6, 6.07) is 4.58. The molecule has 0 bridgehead atoms. The zero-order valence-electron chi connectivity index (χ0n) is 15.3. The molecule has 2 heterocycles. The third kappa shape index (κ3) is 4.37. The monoisotopic (exact) mass is 375 g/mol. The van der Waals surface area contributed by atoms with Crippen molar-refractivity contribution in [3.63, 3.8) is 0 Å². The summed E-state index contributed by atoms with van der Waals surface area (Å²) >= 11 is 0. The third-order valence-corrected chi connectivity index (χ3v) is 5.45. The van der Waals surface area contributed by atoms with Crippen LogP contribution in [0.3, 0.4) is 0 Å². The molecule has 2 saturated heterocycles. The zero-order valence-corrected chi connectivity index (χ0v) is 15.3. The molecule has 146 valence electrons. The van der Waals surface area contributed by atoms with Crippen LogP contribution in [0.2, 0.25) is 0 Å². The van der Waals surface area contributed by atoms with E-state index in [4.69, 9.17) is 5.11 Å². The maximum Gasteiger partial charge on any atom is 0.303 e. The van der Waals surface area contributed by atoms with Crippen LogP contribution in [-0.2, 0) is 4.79 Å². The molecule has 1 unspecified atom stereocenters. The van der Waals surface area contributed by atoms with Crippen LogP contribution in [0.4, 0.5) is 11.4 Å². The molecule has 1 N–H and O–H groups in total. The average Bonchev–Trinajstić information content (AvgIpc) is 3.20. The summed E-state index contributed by atoms with van der Waals surface area (Å²) in [6.45, 7) is 2.14. The highest BCUT2D eigenvalue weighted by Crippen LogP contribution is 2.33. The molecule has 3 rings (SSSR count). The topological polar surface area (TPSA) is 104 Å². The van der Waals surface area contributed by atoms with Gasteiger partial charge in [0.1, 0.15) is 5.69 Å². The first-order valence-corrected chi connectivity index (χ1v) is 9.53. The molecule has 0 radical (unpaired) electrons. The number of benzene rings is 1. The lowest BCUT2D eigenvalue weighted by atomic mass is 9.96. The number of carboxylic acid groups (broad SMARTS) is 1. The average molecular weight is 375 g/mol. The fourth-order valence-electron chi connectivity index (χ4n) is 4.05. The van der Waals surface area contributed by atoms with Gasteiger partial charge in [-0.1, -0.05) is 0 Å². The quantitative estimate of drug-likeness (QED) is 0.605. The Morgan fingerprint density at radius 1 is 1.15 bits per heavy atom. The number of anilines is 1. The SMILES string of the molecule is O=C(O)CCC1CCCCN1C(=O)c1ccc(N2CCCC2)c([N+](=O)[O-])c1. The molecule has 0 aromatic heterocycles. The third-order valence-electron chi connectivity index (χ3n) is 5.45. The van der Waals surface area contributed by atoms with E-state index in [9.17, 15) is 19.7 Å². The van der Waals surface area contributed by atoms with E-state index in [2.05, 4.69) is 0 Å². The maximum absolute atomic E-state index is 13.0. The number of likely N-dealkylation sites (tertiary alicyclic amines) is 1. The van der Waals surface area contributed by atoms with E-state index in [1.54, 1.807) is 17.0 Å². The van der Waals surface area contributed by atoms with Gasteiger partial charge in [-0.25, -0.2) is 0 Å². The molecule has 1 aromatic carbocycles. The molecule has 1 amide bonds. The van der Waals surface area contributed by atoms with Gasteiger partial charge in [-0.2, -0.15) is 0 Å². The second-order valence-corrected chi connectivity index (χ2v) is 7.24. The van der Waals surface area contributed by atoms with Crippen LogP contribution in [0, 0.1) is 10.1 Å². The Hall–Kier alpha value is -2.64. The normalized spacial score (nSPS) is 19.9. The van der Waals surface area contributed by atoms with E-state index < -0.39 is 10.9 Å². The number of hydrogen-bond donors (Lipinski definition) is 1. The van der Waals surface area contributed by atoms with E-state index in [0.717, 1.165) is 45.2 Å². The van der Waals surface area contributed by atoms with Crippen molar-refractivity contribution in [3.05, 3.63) is 33.9 Å². The fraction of sp³-hybridized carbons (Fsp3) is 0.579. The van der Waals surface area contributed by atoms with Gasteiger partial charge in [-0.3, -0.25) is 19.7 Å². The summed E-state index contributed by atoms with van der Waals surface area (Å²) in [4.78, 5) is 38.7. The van der Waals surface area contributed by atoms with Crippen LogP contribution in [0.25, 0.3) is 0 Å². The summed E-state index contributed by atoms with van der Waals surface area (Å²) in [5, 5.41) is 20.5. The van der Waals surface area contributed by atoms with E-state index in [0.29, 0.717) is 24.2 Å². The van der Waals surface area contributed by atoms with Gasteiger partial charge < -0.3 is 14.9 Å². The summed E-state index contributed by atoms with van der Waals surface area (Å²) in [7, 11) is 0. The Morgan fingerprint density at radius 3 is 2.52 bits per heavy atom. The van der Waals surface area contributed by atoms with E-state index in [-0.39, 0.29) is 24.1 Å². The Balaban J connectivity index is 1.83. The highest BCUT2D eigenvalue weighted by Gasteiger charge is 2.30. The molecule has 2 aliphatic rings. The highest BCUT2D eigenvalue weighted by atomic mass is 16.6. The molecular weight excluding hydrogens is 350 g/mol. The predicted octanol–water partition coefficient (Wildman–Crippen LogP) is 3.05. The Morgan fingerprint density at radius 2 is 1.85 bits per heavy atom. The van der Waals surface area contributed by atoms with Crippen LogP contribution in [0.1, 0.15) is 55.3 Å². The molecule has 1 aromatic rings.